The van der Waals surface area contributed by atoms with Gasteiger partial charge < -0.3 is 15.2 Å². The molecule has 1 aromatic rings. The van der Waals surface area contributed by atoms with Gasteiger partial charge in [0, 0.05) is 6.54 Å². The smallest absolute Gasteiger partial charge is 0.407 e. The Bertz CT molecular complexity index is 517. The molecule has 1 aromatic carbocycles. The summed E-state index contributed by atoms with van der Waals surface area (Å²) in [6.07, 6.45) is 3.12. The highest BCUT2D eigenvalue weighted by Crippen LogP contribution is 2.10. The van der Waals surface area contributed by atoms with Crippen LogP contribution < -0.4 is 5.32 Å². The van der Waals surface area contributed by atoms with Crippen molar-refractivity contribution in [2.24, 2.45) is 5.92 Å². The van der Waals surface area contributed by atoms with Gasteiger partial charge in [-0.3, -0.25) is 4.79 Å². The molecule has 0 heterocycles. The molecule has 0 fully saturated rings. The zero-order valence-corrected chi connectivity index (χ0v) is 13.2. The Hall–Kier alpha value is -2.30. The van der Waals surface area contributed by atoms with Crippen molar-refractivity contribution in [3.63, 3.8) is 0 Å². The number of ether oxygens (including phenoxy) is 1. The van der Waals surface area contributed by atoms with Crippen molar-refractivity contribution >= 4 is 12.1 Å². The average molecular weight is 305 g/mol. The van der Waals surface area contributed by atoms with Gasteiger partial charge >= 0.3 is 12.1 Å². The number of rotatable bonds is 6. The fourth-order valence-corrected chi connectivity index (χ4v) is 1.79. The number of carboxylic acids is 1. The van der Waals surface area contributed by atoms with Gasteiger partial charge in [-0.2, -0.15) is 0 Å². The molecule has 0 bridgehead atoms. The van der Waals surface area contributed by atoms with Gasteiger partial charge in [0.2, 0.25) is 0 Å². The van der Waals surface area contributed by atoms with Crippen LogP contribution in [0.15, 0.2) is 42.5 Å². The number of alkyl carbamates (subject to hydrolysis) is 1. The van der Waals surface area contributed by atoms with E-state index in [0.29, 0.717) is 6.42 Å². The van der Waals surface area contributed by atoms with E-state index in [0.717, 1.165) is 5.56 Å². The number of amides is 1. The van der Waals surface area contributed by atoms with Crippen LogP contribution in [0.3, 0.4) is 0 Å². The van der Waals surface area contributed by atoms with Crippen LogP contribution in [-0.4, -0.2) is 29.3 Å². The third-order valence-corrected chi connectivity index (χ3v) is 2.75. The summed E-state index contributed by atoms with van der Waals surface area (Å²) in [5, 5.41) is 11.8. The number of carboxylic acid groups (broad SMARTS) is 1. The monoisotopic (exact) mass is 305 g/mol. The van der Waals surface area contributed by atoms with Crippen molar-refractivity contribution in [3.05, 3.63) is 48.0 Å². The van der Waals surface area contributed by atoms with Gasteiger partial charge in [-0.25, -0.2) is 4.79 Å². The molecule has 1 unspecified atom stereocenters. The average Bonchev–Trinajstić information content (AvgIpc) is 2.41. The van der Waals surface area contributed by atoms with E-state index in [1.807, 2.05) is 30.3 Å². The second-order valence-electron chi connectivity index (χ2n) is 5.95. The van der Waals surface area contributed by atoms with Crippen molar-refractivity contribution in [1.29, 1.82) is 0 Å². The first-order valence-electron chi connectivity index (χ1n) is 7.18. The molecule has 0 saturated carbocycles. The van der Waals surface area contributed by atoms with Crippen LogP contribution in [0, 0.1) is 5.92 Å². The summed E-state index contributed by atoms with van der Waals surface area (Å²) in [5.41, 5.74) is 0.407. The molecule has 22 heavy (non-hydrogen) atoms. The Balaban J connectivity index is 2.47. The number of hydrogen-bond donors (Lipinski definition) is 2. The summed E-state index contributed by atoms with van der Waals surface area (Å²) in [5.74, 6) is -1.51. The molecule has 1 atom stereocenters. The molecule has 120 valence electrons. The summed E-state index contributed by atoms with van der Waals surface area (Å²) >= 11 is 0. The van der Waals surface area contributed by atoms with Crippen LogP contribution in [0.4, 0.5) is 4.79 Å². The lowest BCUT2D eigenvalue weighted by Gasteiger charge is -2.19. The molecule has 5 heteroatoms. The van der Waals surface area contributed by atoms with E-state index in [1.165, 1.54) is 0 Å². The van der Waals surface area contributed by atoms with Gasteiger partial charge in [-0.05, 0) is 32.8 Å². The molecule has 1 rings (SSSR count). The number of benzene rings is 1. The molecule has 0 spiro atoms. The van der Waals surface area contributed by atoms with E-state index < -0.39 is 23.6 Å². The molecule has 1 amide bonds. The number of hydrogen-bond acceptors (Lipinski definition) is 3. The third kappa shape index (κ3) is 7.47. The molecular weight excluding hydrogens is 282 g/mol. The molecular formula is C17H23NO4. The molecule has 0 aliphatic rings. The zero-order valence-electron chi connectivity index (χ0n) is 13.2. The summed E-state index contributed by atoms with van der Waals surface area (Å²) in [4.78, 5) is 22.7. The predicted octanol–water partition coefficient (Wildman–Crippen LogP) is 3.01. The van der Waals surface area contributed by atoms with E-state index in [4.69, 9.17) is 4.74 Å². The number of aliphatic carboxylic acids is 1. The molecule has 0 aliphatic carbocycles. The first-order valence-corrected chi connectivity index (χ1v) is 7.18. The quantitative estimate of drug-likeness (QED) is 0.792. The maximum absolute atomic E-state index is 11.4. The van der Waals surface area contributed by atoms with Crippen LogP contribution in [0.2, 0.25) is 0 Å². The van der Waals surface area contributed by atoms with Gasteiger partial charge in [0.05, 0.1) is 5.92 Å². The fraction of sp³-hybridized carbons (Fsp3) is 0.412. The minimum atomic E-state index is -0.891. The van der Waals surface area contributed by atoms with Crippen LogP contribution >= 0.6 is 0 Å². The largest absolute Gasteiger partial charge is 0.481 e. The Morgan fingerprint density at radius 2 is 1.91 bits per heavy atom. The second-order valence-corrected chi connectivity index (χ2v) is 5.95. The van der Waals surface area contributed by atoms with Crippen molar-refractivity contribution in [3.8, 4) is 0 Å². The van der Waals surface area contributed by atoms with E-state index in [1.54, 1.807) is 32.9 Å². The SMILES string of the molecule is CC(C)(C)OC(=O)NCC=CC(Cc1ccccc1)C(=O)O. The van der Waals surface area contributed by atoms with Crippen LogP contribution in [0.25, 0.3) is 0 Å². The molecule has 2 N–H and O–H groups in total. The third-order valence-electron chi connectivity index (χ3n) is 2.75. The Labute approximate surface area is 131 Å². The molecule has 5 nitrogen and oxygen atoms in total. The summed E-state index contributed by atoms with van der Waals surface area (Å²) in [7, 11) is 0. The number of carbonyl (C=O) groups excluding carboxylic acids is 1. The Kier molecular flexibility index (Phi) is 6.63. The first-order chi connectivity index (χ1) is 10.3. The highest BCUT2D eigenvalue weighted by molar-refractivity contribution is 5.72. The first kappa shape index (κ1) is 17.8. The van der Waals surface area contributed by atoms with E-state index >= 15 is 0 Å². The number of nitrogens with one attached hydrogen (secondary N) is 1. The van der Waals surface area contributed by atoms with Crippen molar-refractivity contribution in [2.75, 3.05) is 6.54 Å². The lowest BCUT2D eigenvalue weighted by molar-refractivity contribution is -0.140. The maximum atomic E-state index is 11.4. The van der Waals surface area contributed by atoms with E-state index in [2.05, 4.69) is 5.32 Å². The number of carbonyl (C=O) groups is 2. The highest BCUT2D eigenvalue weighted by Gasteiger charge is 2.16. The van der Waals surface area contributed by atoms with Gasteiger partial charge in [0.1, 0.15) is 5.60 Å². The maximum Gasteiger partial charge on any atom is 0.407 e. The van der Waals surface area contributed by atoms with Crippen molar-refractivity contribution in [2.45, 2.75) is 32.8 Å². The normalized spacial score (nSPS) is 12.9. The second kappa shape index (κ2) is 8.22. The lowest BCUT2D eigenvalue weighted by atomic mass is 9.99. The van der Waals surface area contributed by atoms with Crippen molar-refractivity contribution in [1.82, 2.24) is 5.32 Å². The standard InChI is InChI=1S/C17H23NO4/c1-17(2,3)22-16(21)18-11-7-10-14(15(19)20)12-13-8-5-4-6-9-13/h4-10,14H,11-12H2,1-3H3,(H,18,21)(H,19,20). The zero-order chi connectivity index (χ0) is 16.6. The topological polar surface area (TPSA) is 75.6 Å². The summed E-state index contributed by atoms with van der Waals surface area (Å²) in [6, 6.07) is 9.43. The summed E-state index contributed by atoms with van der Waals surface area (Å²) < 4.78 is 5.09. The molecule has 0 aromatic heterocycles. The van der Waals surface area contributed by atoms with E-state index in [9.17, 15) is 14.7 Å². The van der Waals surface area contributed by atoms with Crippen LogP contribution in [0.5, 0.6) is 0 Å². The fourth-order valence-electron chi connectivity index (χ4n) is 1.79. The molecule has 0 saturated heterocycles. The predicted molar refractivity (Wildman–Crippen MR) is 84.6 cm³/mol. The highest BCUT2D eigenvalue weighted by atomic mass is 16.6. The lowest BCUT2D eigenvalue weighted by Crippen LogP contribution is -2.32. The van der Waals surface area contributed by atoms with Crippen molar-refractivity contribution < 1.29 is 19.4 Å². The summed E-state index contributed by atoms with van der Waals surface area (Å²) in [6.45, 7) is 5.57. The Morgan fingerprint density at radius 1 is 1.27 bits per heavy atom. The minimum absolute atomic E-state index is 0.230. The van der Waals surface area contributed by atoms with Crippen LogP contribution in [0.1, 0.15) is 26.3 Å². The van der Waals surface area contributed by atoms with Crippen LogP contribution in [-0.2, 0) is 16.0 Å². The molecule has 0 radical (unpaired) electrons. The van der Waals surface area contributed by atoms with Gasteiger partial charge in [-0.15, -0.1) is 0 Å². The Morgan fingerprint density at radius 3 is 2.45 bits per heavy atom. The van der Waals surface area contributed by atoms with Gasteiger partial charge in [-0.1, -0.05) is 42.5 Å². The minimum Gasteiger partial charge on any atom is -0.481 e. The van der Waals surface area contributed by atoms with E-state index in [-0.39, 0.29) is 6.54 Å². The van der Waals surface area contributed by atoms with Gasteiger partial charge in [0.25, 0.3) is 0 Å². The molecule has 0 aliphatic heterocycles. The van der Waals surface area contributed by atoms with Gasteiger partial charge in [0.15, 0.2) is 0 Å².